The van der Waals surface area contributed by atoms with Crippen molar-refractivity contribution in [2.24, 2.45) is 0 Å². The molecule has 0 radical (unpaired) electrons. The van der Waals surface area contributed by atoms with Gasteiger partial charge in [0, 0.05) is 37.9 Å². The van der Waals surface area contributed by atoms with Gasteiger partial charge in [-0.3, -0.25) is 4.79 Å². The van der Waals surface area contributed by atoms with Crippen molar-refractivity contribution in [2.75, 3.05) is 31.1 Å². The van der Waals surface area contributed by atoms with Crippen molar-refractivity contribution in [3.63, 3.8) is 0 Å². The minimum atomic E-state index is -0.131. The summed E-state index contributed by atoms with van der Waals surface area (Å²) in [6.07, 6.45) is 1.48. The van der Waals surface area contributed by atoms with Gasteiger partial charge < -0.3 is 14.3 Å². The highest BCUT2D eigenvalue weighted by atomic mass is 16.5. The summed E-state index contributed by atoms with van der Waals surface area (Å²) in [5.41, 5.74) is 1.96. The SMILES string of the molecule is Cc1cc(C)n(-c2ccc(N3CCN(C(=O)c4ccno4)CC3)nn2)n1. The quantitative estimate of drug-likeness (QED) is 0.699. The van der Waals surface area contributed by atoms with Gasteiger partial charge in [-0.1, -0.05) is 5.16 Å². The molecule has 26 heavy (non-hydrogen) atoms. The Labute approximate surface area is 150 Å². The predicted octanol–water partition coefficient (Wildman–Crippen LogP) is 1.23. The highest BCUT2D eigenvalue weighted by Crippen LogP contribution is 2.16. The Balaban J connectivity index is 1.42. The Morgan fingerprint density at radius 2 is 1.77 bits per heavy atom. The van der Waals surface area contributed by atoms with Crippen molar-refractivity contribution < 1.29 is 9.32 Å². The van der Waals surface area contributed by atoms with Crippen LogP contribution in [-0.2, 0) is 0 Å². The molecule has 0 N–H and O–H groups in total. The van der Waals surface area contributed by atoms with E-state index in [4.69, 9.17) is 4.52 Å². The number of hydrogen-bond acceptors (Lipinski definition) is 7. The van der Waals surface area contributed by atoms with E-state index in [1.165, 1.54) is 6.20 Å². The van der Waals surface area contributed by atoms with Gasteiger partial charge in [0.05, 0.1) is 11.9 Å². The van der Waals surface area contributed by atoms with E-state index in [2.05, 4.69) is 25.4 Å². The van der Waals surface area contributed by atoms with Crippen LogP contribution in [-0.4, -0.2) is 62.1 Å². The summed E-state index contributed by atoms with van der Waals surface area (Å²) < 4.78 is 6.72. The van der Waals surface area contributed by atoms with Crippen LogP contribution in [0.4, 0.5) is 5.82 Å². The Morgan fingerprint density at radius 1 is 1.04 bits per heavy atom. The lowest BCUT2D eigenvalue weighted by molar-refractivity contribution is 0.0704. The highest BCUT2D eigenvalue weighted by molar-refractivity contribution is 5.91. The smallest absolute Gasteiger partial charge is 0.292 e. The average molecular weight is 353 g/mol. The van der Waals surface area contributed by atoms with Crippen LogP contribution in [0, 0.1) is 13.8 Å². The first-order chi connectivity index (χ1) is 12.6. The molecule has 1 aliphatic rings. The largest absolute Gasteiger partial charge is 0.352 e. The molecule has 134 valence electrons. The molecular formula is C17H19N7O2. The van der Waals surface area contributed by atoms with Crippen LogP contribution in [0.1, 0.15) is 21.9 Å². The van der Waals surface area contributed by atoms with E-state index in [9.17, 15) is 4.79 Å². The zero-order valence-electron chi connectivity index (χ0n) is 14.7. The normalized spacial score (nSPS) is 14.7. The second-order valence-electron chi connectivity index (χ2n) is 6.24. The standard InChI is InChI=1S/C17H19N7O2/c1-12-11-13(2)24(21-12)16-4-3-15(19-20-16)22-7-9-23(10-8-22)17(25)14-5-6-18-26-14/h3-6,11H,7-10H2,1-2H3. The summed E-state index contributed by atoms with van der Waals surface area (Å²) in [5.74, 6) is 1.63. The van der Waals surface area contributed by atoms with Crippen molar-refractivity contribution in [2.45, 2.75) is 13.8 Å². The van der Waals surface area contributed by atoms with Gasteiger partial charge in [-0.15, -0.1) is 10.2 Å². The van der Waals surface area contributed by atoms with Gasteiger partial charge >= 0.3 is 0 Å². The van der Waals surface area contributed by atoms with Gasteiger partial charge in [-0.05, 0) is 32.0 Å². The van der Waals surface area contributed by atoms with Gasteiger partial charge in [0.15, 0.2) is 11.6 Å². The lowest BCUT2D eigenvalue weighted by atomic mass is 10.3. The fourth-order valence-corrected chi connectivity index (χ4v) is 3.08. The minimum Gasteiger partial charge on any atom is -0.352 e. The number of carbonyl (C=O) groups excluding carboxylic acids is 1. The van der Waals surface area contributed by atoms with Crippen LogP contribution in [0.25, 0.3) is 5.82 Å². The molecule has 9 nitrogen and oxygen atoms in total. The molecule has 9 heteroatoms. The van der Waals surface area contributed by atoms with E-state index < -0.39 is 0 Å². The van der Waals surface area contributed by atoms with Gasteiger partial charge in [-0.2, -0.15) is 5.10 Å². The topological polar surface area (TPSA) is 93.2 Å². The molecule has 0 atom stereocenters. The molecule has 3 aromatic rings. The number of amides is 1. The van der Waals surface area contributed by atoms with E-state index in [1.54, 1.807) is 15.6 Å². The van der Waals surface area contributed by atoms with Crippen molar-refractivity contribution in [3.05, 3.63) is 47.6 Å². The summed E-state index contributed by atoms with van der Waals surface area (Å²) in [7, 11) is 0. The number of nitrogens with zero attached hydrogens (tertiary/aromatic N) is 7. The molecule has 0 saturated carbocycles. The van der Waals surface area contributed by atoms with Crippen LogP contribution >= 0.6 is 0 Å². The second-order valence-corrected chi connectivity index (χ2v) is 6.24. The number of aromatic nitrogens is 5. The zero-order chi connectivity index (χ0) is 18.1. The summed E-state index contributed by atoms with van der Waals surface area (Å²) in [6.45, 7) is 6.51. The molecule has 0 aromatic carbocycles. The van der Waals surface area contributed by atoms with Crippen LogP contribution < -0.4 is 4.90 Å². The minimum absolute atomic E-state index is 0.131. The van der Waals surface area contributed by atoms with Crippen LogP contribution in [0.3, 0.4) is 0 Å². The predicted molar refractivity (Wildman–Crippen MR) is 93.2 cm³/mol. The number of piperazine rings is 1. The van der Waals surface area contributed by atoms with E-state index in [0.29, 0.717) is 32.0 Å². The summed E-state index contributed by atoms with van der Waals surface area (Å²) in [5, 5.41) is 16.6. The van der Waals surface area contributed by atoms with Gasteiger partial charge in [0.2, 0.25) is 5.76 Å². The summed E-state index contributed by atoms with van der Waals surface area (Å²) in [6, 6.07) is 7.43. The fraction of sp³-hybridized carbons (Fsp3) is 0.353. The van der Waals surface area contributed by atoms with Crippen molar-refractivity contribution in [3.8, 4) is 5.82 Å². The Bertz CT molecular complexity index is 894. The third kappa shape index (κ3) is 3.03. The maximum Gasteiger partial charge on any atom is 0.292 e. The highest BCUT2D eigenvalue weighted by Gasteiger charge is 2.25. The van der Waals surface area contributed by atoms with Crippen molar-refractivity contribution in [1.82, 2.24) is 30.0 Å². The molecule has 1 fully saturated rings. The van der Waals surface area contributed by atoms with E-state index in [0.717, 1.165) is 17.2 Å². The van der Waals surface area contributed by atoms with Crippen molar-refractivity contribution in [1.29, 1.82) is 0 Å². The first-order valence-electron chi connectivity index (χ1n) is 8.44. The molecule has 4 rings (SSSR count). The monoisotopic (exact) mass is 353 g/mol. The Morgan fingerprint density at radius 3 is 2.35 bits per heavy atom. The van der Waals surface area contributed by atoms with E-state index in [1.807, 2.05) is 32.0 Å². The summed E-state index contributed by atoms with van der Waals surface area (Å²) >= 11 is 0. The maximum atomic E-state index is 12.3. The number of carbonyl (C=O) groups is 1. The number of aryl methyl sites for hydroxylation is 2. The van der Waals surface area contributed by atoms with E-state index >= 15 is 0 Å². The van der Waals surface area contributed by atoms with Gasteiger partial charge in [-0.25, -0.2) is 4.68 Å². The molecule has 0 unspecified atom stereocenters. The van der Waals surface area contributed by atoms with Crippen LogP contribution in [0.15, 0.2) is 35.0 Å². The van der Waals surface area contributed by atoms with Crippen LogP contribution in [0.2, 0.25) is 0 Å². The molecule has 4 heterocycles. The lowest BCUT2D eigenvalue weighted by Crippen LogP contribution is -2.49. The van der Waals surface area contributed by atoms with Gasteiger partial charge in [0.25, 0.3) is 5.91 Å². The first-order valence-corrected chi connectivity index (χ1v) is 8.44. The number of anilines is 1. The van der Waals surface area contributed by atoms with Crippen LogP contribution in [0.5, 0.6) is 0 Å². The Kier molecular flexibility index (Phi) is 4.11. The molecule has 0 spiro atoms. The molecular weight excluding hydrogens is 334 g/mol. The number of hydrogen-bond donors (Lipinski definition) is 0. The zero-order valence-corrected chi connectivity index (χ0v) is 14.7. The molecule has 1 amide bonds. The lowest BCUT2D eigenvalue weighted by Gasteiger charge is -2.34. The second kappa shape index (κ2) is 6.58. The van der Waals surface area contributed by atoms with E-state index in [-0.39, 0.29) is 11.7 Å². The molecule has 1 saturated heterocycles. The number of rotatable bonds is 3. The van der Waals surface area contributed by atoms with Crippen molar-refractivity contribution >= 4 is 11.7 Å². The third-order valence-electron chi connectivity index (χ3n) is 4.40. The molecule has 0 aliphatic carbocycles. The van der Waals surface area contributed by atoms with Gasteiger partial charge in [0.1, 0.15) is 0 Å². The molecule has 3 aromatic heterocycles. The molecule has 1 aliphatic heterocycles. The first kappa shape index (κ1) is 16.2. The fourth-order valence-electron chi connectivity index (χ4n) is 3.08. The summed E-state index contributed by atoms with van der Waals surface area (Å²) in [4.78, 5) is 16.1. The molecule has 0 bridgehead atoms. The maximum absolute atomic E-state index is 12.3. The average Bonchev–Trinajstić information content (AvgIpc) is 3.31. The Hall–Kier alpha value is -3.23. The third-order valence-corrected chi connectivity index (χ3v) is 4.40.